The van der Waals surface area contributed by atoms with Crippen molar-refractivity contribution in [1.82, 2.24) is 15.2 Å². The van der Waals surface area contributed by atoms with Gasteiger partial charge >= 0.3 is 6.09 Å². The molecule has 6 nitrogen and oxygen atoms in total. The minimum atomic E-state index is -0.436. The number of likely N-dealkylation sites (tertiary alicyclic amines) is 1. The molecule has 2 atom stereocenters. The number of fused-ring (bicyclic) bond motifs is 3. The first-order chi connectivity index (χ1) is 11.4. The molecule has 0 radical (unpaired) electrons. The average molecular weight is 350 g/mol. The number of aromatic nitrogens is 1. The van der Waals surface area contributed by atoms with Crippen LogP contribution in [0.1, 0.15) is 44.2 Å². The number of carbonyl (C=O) groups excluding carboxylic acids is 1. The molecule has 0 aromatic carbocycles. The smallest absolute Gasteiger partial charge is 0.410 e. The molecule has 3 aliphatic rings. The average Bonchev–Trinajstić information content (AvgIpc) is 3.03. The van der Waals surface area contributed by atoms with Crippen LogP contribution in [0.15, 0.2) is 0 Å². The summed E-state index contributed by atoms with van der Waals surface area (Å²) in [5.41, 5.74) is 0.831. The van der Waals surface area contributed by atoms with E-state index in [1.807, 2.05) is 37.0 Å². The molecule has 0 spiro atoms. The van der Waals surface area contributed by atoms with Gasteiger partial charge in [-0.1, -0.05) is 0 Å². The lowest BCUT2D eigenvalue weighted by Crippen LogP contribution is -2.56. The third kappa shape index (κ3) is 2.99. The van der Waals surface area contributed by atoms with E-state index in [0.717, 1.165) is 50.6 Å². The van der Waals surface area contributed by atoms with Crippen molar-refractivity contribution in [2.24, 2.45) is 0 Å². The molecule has 1 amide bonds. The number of nitrogens with zero attached hydrogens (tertiary/aromatic N) is 3. The maximum atomic E-state index is 12.4. The van der Waals surface area contributed by atoms with Gasteiger partial charge in [-0.3, -0.25) is 0 Å². The minimum absolute atomic E-state index is 0.179. The van der Waals surface area contributed by atoms with E-state index >= 15 is 0 Å². The quantitative estimate of drug-likeness (QED) is 0.843. The molecule has 0 aliphatic carbocycles. The van der Waals surface area contributed by atoms with Crippen LogP contribution in [0, 0.1) is 0 Å². The van der Waals surface area contributed by atoms with Gasteiger partial charge in [-0.2, -0.15) is 0 Å². The predicted molar refractivity (Wildman–Crippen MR) is 94.6 cm³/mol. The van der Waals surface area contributed by atoms with Crippen LogP contribution in [-0.2, 0) is 17.7 Å². The molecule has 3 aliphatic heterocycles. The summed E-state index contributed by atoms with van der Waals surface area (Å²) in [6, 6.07) is 0.744. The number of nitrogens with one attached hydrogen (secondary N) is 1. The van der Waals surface area contributed by atoms with Crippen LogP contribution in [0.2, 0.25) is 0 Å². The number of hydrogen-bond acceptors (Lipinski definition) is 6. The molecule has 132 valence electrons. The largest absolute Gasteiger partial charge is 0.444 e. The maximum absolute atomic E-state index is 12.4. The van der Waals surface area contributed by atoms with Crippen molar-refractivity contribution in [3.63, 3.8) is 0 Å². The number of ether oxygens (including phenoxy) is 1. The van der Waals surface area contributed by atoms with Crippen molar-refractivity contribution in [2.45, 2.75) is 64.3 Å². The highest BCUT2D eigenvalue weighted by molar-refractivity contribution is 7.15. The standard InChI is InChI=1S/C17H26N4O2S/c1-17(2,3)23-16(22)20-9-11-4-5-12(10-20)21(11)15-19-13-6-7-18-8-14(13)24-15/h11-12,18H,4-10H2,1-3H3. The van der Waals surface area contributed by atoms with E-state index in [1.165, 1.54) is 10.6 Å². The SMILES string of the molecule is CC(C)(C)OC(=O)N1CC2CCC(C1)N2c1nc2c(s1)CNCC2. The molecule has 1 aromatic heterocycles. The first kappa shape index (κ1) is 16.1. The lowest BCUT2D eigenvalue weighted by Gasteiger charge is -2.41. The lowest BCUT2D eigenvalue weighted by atomic mass is 10.2. The Balaban J connectivity index is 1.49. The predicted octanol–water partition coefficient (Wildman–Crippen LogP) is 2.38. The van der Waals surface area contributed by atoms with Gasteiger partial charge in [-0.25, -0.2) is 9.78 Å². The summed E-state index contributed by atoms with van der Waals surface area (Å²) in [5, 5.41) is 4.57. The Morgan fingerprint density at radius 2 is 2.00 bits per heavy atom. The Labute approximate surface area is 147 Å². The third-order valence-electron chi connectivity index (χ3n) is 4.95. The molecule has 2 unspecified atom stereocenters. The monoisotopic (exact) mass is 350 g/mol. The fourth-order valence-corrected chi connectivity index (χ4v) is 5.13. The lowest BCUT2D eigenvalue weighted by molar-refractivity contribution is 0.0209. The highest BCUT2D eigenvalue weighted by Gasteiger charge is 2.43. The number of amides is 1. The molecular weight excluding hydrogens is 324 g/mol. The van der Waals surface area contributed by atoms with Gasteiger partial charge < -0.3 is 19.9 Å². The molecule has 24 heavy (non-hydrogen) atoms. The summed E-state index contributed by atoms with van der Waals surface area (Å²) in [6.45, 7) is 9.22. The topological polar surface area (TPSA) is 57.7 Å². The second-order valence-corrected chi connectivity index (χ2v) is 9.03. The number of rotatable bonds is 1. The summed E-state index contributed by atoms with van der Waals surface area (Å²) in [6.07, 6.45) is 3.11. The summed E-state index contributed by atoms with van der Waals surface area (Å²) >= 11 is 1.83. The highest BCUT2D eigenvalue weighted by atomic mass is 32.1. The van der Waals surface area contributed by atoms with Crippen molar-refractivity contribution < 1.29 is 9.53 Å². The highest BCUT2D eigenvalue weighted by Crippen LogP contribution is 2.39. The molecular formula is C17H26N4O2S. The van der Waals surface area contributed by atoms with Gasteiger partial charge in [-0.05, 0) is 33.6 Å². The summed E-state index contributed by atoms with van der Waals surface area (Å²) in [5.74, 6) is 0. The Hall–Kier alpha value is -1.34. The van der Waals surface area contributed by atoms with Crippen LogP contribution in [0.3, 0.4) is 0 Å². The number of anilines is 1. The fourth-order valence-electron chi connectivity index (χ4n) is 3.91. The molecule has 2 saturated heterocycles. The van der Waals surface area contributed by atoms with Gasteiger partial charge in [0, 0.05) is 49.6 Å². The first-order valence-corrected chi connectivity index (χ1v) is 9.68. The normalized spacial score (nSPS) is 26.5. The first-order valence-electron chi connectivity index (χ1n) is 8.86. The van der Waals surface area contributed by atoms with Gasteiger partial charge in [0.1, 0.15) is 5.60 Å². The molecule has 4 heterocycles. The molecule has 0 saturated carbocycles. The Morgan fingerprint density at radius 1 is 1.29 bits per heavy atom. The maximum Gasteiger partial charge on any atom is 0.410 e. The van der Waals surface area contributed by atoms with Crippen molar-refractivity contribution in [3.05, 3.63) is 10.6 Å². The van der Waals surface area contributed by atoms with Crippen LogP contribution in [0.5, 0.6) is 0 Å². The Kier molecular flexibility index (Phi) is 3.95. The zero-order valence-electron chi connectivity index (χ0n) is 14.7. The summed E-state index contributed by atoms with van der Waals surface area (Å²) in [7, 11) is 0. The summed E-state index contributed by atoms with van der Waals surface area (Å²) < 4.78 is 5.56. The van der Waals surface area contributed by atoms with Crippen molar-refractivity contribution in [3.8, 4) is 0 Å². The van der Waals surface area contributed by atoms with E-state index in [2.05, 4.69) is 10.2 Å². The molecule has 7 heteroatoms. The van der Waals surface area contributed by atoms with Crippen molar-refractivity contribution >= 4 is 22.6 Å². The zero-order chi connectivity index (χ0) is 16.9. The van der Waals surface area contributed by atoms with E-state index in [-0.39, 0.29) is 6.09 Å². The third-order valence-corrected chi connectivity index (χ3v) is 6.06. The van der Waals surface area contributed by atoms with E-state index in [4.69, 9.17) is 9.72 Å². The molecule has 1 N–H and O–H groups in total. The molecule has 4 rings (SSSR count). The van der Waals surface area contributed by atoms with Gasteiger partial charge in [0.15, 0.2) is 5.13 Å². The van der Waals surface area contributed by atoms with Gasteiger partial charge in [-0.15, -0.1) is 11.3 Å². The number of hydrogen-bond donors (Lipinski definition) is 1. The van der Waals surface area contributed by atoms with Gasteiger partial charge in [0.2, 0.25) is 0 Å². The number of carbonyl (C=O) groups is 1. The fraction of sp³-hybridized carbons (Fsp3) is 0.765. The number of thiazole rings is 1. The van der Waals surface area contributed by atoms with Crippen molar-refractivity contribution in [1.29, 1.82) is 0 Å². The Morgan fingerprint density at radius 3 is 2.62 bits per heavy atom. The van der Waals surface area contributed by atoms with Crippen LogP contribution in [0.4, 0.5) is 9.93 Å². The van der Waals surface area contributed by atoms with E-state index in [9.17, 15) is 4.79 Å². The second kappa shape index (κ2) is 5.88. The van der Waals surface area contributed by atoms with E-state index in [1.54, 1.807) is 0 Å². The van der Waals surface area contributed by atoms with Crippen LogP contribution in [0.25, 0.3) is 0 Å². The molecule has 2 bridgehead atoms. The number of piperazine rings is 1. The summed E-state index contributed by atoms with van der Waals surface area (Å²) in [4.78, 5) is 23.1. The second-order valence-electron chi connectivity index (χ2n) is 7.97. The van der Waals surface area contributed by atoms with Crippen molar-refractivity contribution in [2.75, 3.05) is 24.5 Å². The van der Waals surface area contributed by atoms with Crippen LogP contribution >= 0.6 is 11.3 Å². The van der Waals surface area contributed by atoms with Gasteiger partial charge in [0.25, 0.3) is 0 Å². The molecule has 2 fully saturated rings. The van der Waals surface area contributed by atoms with Gasteiger partial charge in [0.05, 0.1) is 5.69 Å². The zero-order valence-corrected chi connectivity index (χ0v) is 15.5. The van der Waals surface area contributed by atoms with Crippen LogP contribution in [-0.4, -0.2) is 53.3 Å². The minimum Gasteiger partial charge on any atom is -0.444 e. The van der Waals surface area contributed by atoms with E-state index in [0.29, 0.717) is 12.1 Å². The van der Waals surface area contributed by atoms with Crippen LogP contribution < -0.4 is 10.2 Å². The molecule has 1 aromatic rings. The van der Waals surface area contributed by atoms with E-state index < -0.39 is 5.60 Å². The Bertz CT molecular complexity index is 602.